The summed E-state index contributed by atoms with van der Waals surface area (Å²) in [6, 6.07) is 0. The summed E-state index contributed by atoms with van der Waals surface area (Å²) in [5, 5.41) is 9.97. The first kappa shape index (κ1) is 14.2. The maximum Gasteiger partial charge on any atom is 0.0955 e. The number of nitrogens with zero attached hydrogens (tertiary/aromatic N) is 2. The SMILES string of the molecule is CCCCCCCCCC(O)c1cncn1C. The molecule has 0 aliphatic rings. The number of aliphatic hydroxyl groups excluding tert-OH is 1. The average Bonchev–Trinajstić information content (AvgIpc) is 2.74. The number of hydrogen-bond acceptors (Lipinski definition) is 2. The van der Waals surface area contributed by atoms with E-state index in [0.717, 1.165) is 18.5 Å². The van der Waals surface area contributed by atoms with Gasteiger partial charge in [0.2, 0.25) is 0 Å². The number of imidazole rings is 1. The van der Waals surface area contributed by atoms with Crippen LogP contribution in [0.1, 0.15) is 70.1 Å². The summed E-state index contributed by atoms with van der Waals surface area (Å²) >= 11 is 0. The van der Waals surface area contributed by atoms with Gasteiger partial charge < -0.3 is 9.67 Å². The molecular weight excluding hydrogens is 212 g/mol. The van der Waals surface area contributed by atoms with Crippen molar-refractivity contribution in [3.63, 3.8) is 0 Å². The van der Waals surface area contributed by atoms with Crippen molar-refractivity contribution in [3.8, 4) is 0 Å². The summed E-state index contributed by atoms with van der Waals surface area (Å²) in [6.45, 7) is 2.24. The predicted octanol–water partition coefficient (Wildman–Crippen LogP) is 3.59. The molecular formula is C14H26N2O. The summed E-state index contributed by atoms with van der Waals surface area (Å²) in [5.74, 6) is 0. The normalized spacial score (nSPS) is 12.9. The molecule has 0 radical (unpaired) electrons. The van der Waals surface area contributed by atoms with Gasteiger partial charge in [-0.05, 0) is 6.42 Å². The van der Waals surface area contributed by atoms with Crippen LogP contribution in [0.3, 0.4) is 0 Å². The first-order valence-corrected chi connectivity index (χ1v) is 6.90. The van der Waals surface area contributed by atoms with Gasteiger partial charge in [-0.15, -0.1) is 0 Å². The molecule has 1 aromatic heterocycles. The molecule has 3 heteroatoms. The van der Waals surface area contributed by atoms with Crippen molar-refractivity contribution in [2.24, 2.45) is 7.05 Å². The Kier molecular flexibility index (Phi) is 6.94. The van der Waals surface area contributed by atoms with Gasteiger partial charge in [0.25, 0.3) is 0 Å². The third-order valence-corrected chi connectivity index (χ3v) is 3.28. The van der Waals surface area contributed by atoms with Crippen molar-refractivity contribution < 1.29 is 5.11 Å². The minimum absolute atomic E-state index is 0.349. The van der Waals surface area contributed by atoms with Crippen LogP contribution in [0.4, 0.5) is 0 Å². The number of aromatic nitrogens is 2. The number of rotatable bonds is 9. The Labute approximate surface area is 105 Å². The lowest BCUT2D eigenvalue weighted by Crippen LogP contribution is -2.03. The lowest BCUT2D eigenvalue weighted by molar-refractivity contribution is 0.155. The van der Waals surface area contributed by atoms with E-state index in [2.05, 4.69) is 11.9 Å². The van der Waals surface area contributed by atoms with Crippen LogP contribution < -0.4 is 0 Å². The molecule has 1 N–H and O–H groups in total. The zero-order valence-corrected chi connectivity index (χ0v) is 11.2. The predicted molar refractivity (Wildman–Crippen MR) is 70.8 cm³/mol. The molecule has 1 atom stereocenters. The van der Waals surface area contributed by atoms with Gasteiger partial charge in [-0.25, -0.2) is 4.98 Å². The first-order chi connectivity index (χ1) is 8.25. The highest BCUT2D eigenvalue weighted by Gasteiger charge is 2.10. The Morgan fingerprint density at radius 2 is 1.82 bits per heavy atom. The Bertz CT molecular complexity index is 296. The molecule has 0 saturated carbocycles. The van der Waals surface area contributed by atoms with Gasteiger partial charge in [-0.2, -0.15) is 0 Å². The highest BCUT2D eigenvalue weighted by molar-refractivity contribution is 5.01. The average molecular weight is 238 g/mol. The maximum atomic E-state index is 9.97. The molecule has 0 amide bonds. The van der Waals surface area contributed by atoms with E-state index in [9.17, 15) is 5.11 Å². The smallest absolute Gasteiger partial charge is 0.0955 e. The standard InChI is InChI=1S/C14H26N2O/c1-3-4-5-6-7-8-9-10-14(17)13-11-15-12-16(13)2/h11-12,14,17H,3-10H2,1-2H3. The zero-order valence-electron chi connectivity index (χ0n) is 11.2. The van der Waals surface area contributed by atoms with Crippen LogP contribution in [0, 0.1) is 0 Å². The number of aryl methyl sites for hydroxylation is 1. The van der Waals surface area contributed by atoms with Crippen LogP contribution >= 0.6 is 0 Å². The van der Waals surface area contributed by atoms with Crippen molar-refractivity contribution in [3.05, 3.63) is 18.2 Å². The molecule has 17 heavy (non-hydrogen) atoms. The Balaban J connectivity index is 2.05. The van der Waals surface area contributed by atoms with Gasteiger partial charge in [-0.1, -0.05) is 51.9 Å². The minimum Gasteiger partial charge on any atom is -0.387 e. The van der Waals surface area contributed by atoms with Crippen LogP contribution in [-0.4, -0.2) is 14.7 Å². The molecule has 0 saturated heterocycles. The van der Waals surface area contributed by atoms with Gasteiger partial charge in [0.05, 0.1) is 24.3 Å². The van der Waals surface area contributed by atoms with Crippen LogP contribution in [0.5, 0.6) is 0 Å². The molecule has 0 bridgehead atoms. The number of aliphatic hydroxyl groups is 1. The highest BCUT2D eigenvalue weighted by Crippen LogP contribution is 2.19. The second-order valence-electron chi connectivity index (χ2n) is 4.86. The number of unbranched alkanes of at least 4 members (excludes halogenated alkanes) is 6. The zero-order chi connectivity index (χ0) is 12.5. The van der Waals surface area contributed by atoms with Crippen molar-refractivity contribution in [1.82, 2.24) is 9.55 Å². The molecule has 0 spiro atoms. The van der Waals surface area contributed by atoms with Crippen LogP contribution in [0.25, 0.3) is 0 Å². The van der Waals surface area contributed by atoms with Crippen molar-refractivity contribution >= 4 is 0 Å². The summed E-state index contributed by atoms with van der Waals surface area (Å²) in [5.41, 5.74) is 0.927. The summed E-state index contributed by atoms with van der Waals surface area (Å²) in [7, 11) is 1.93. The summed E-state index contributed by atoms with van der Waals surface area (Å²) in [4.78, 5) is 4.02. The number of hydrogen-bond donors (Lipinski definition) is 1. The molecule has 98 valence electrons. The summed E-state index contributed by atoms with van der Waals surface area (Å²) in [6.07, 6.45) is 13.0. The summed E-state index contributed by atoms with van der Waals surface area (Å²) < 4.78 is 1.89. The van der Waals surface area contributed by atoms with Gasteiger partial charge in [0.1, 0.15) is 0 Å². The molecule has 1 heterocycles. The Morgan fingerprint density at radius 1 is 1.18 bits per heavy atom. The van der Waals surface area contributed by atoms with Crippen LogP contribution in [-0.2, 0) is 7.05 Å². The van der Waals surface area contributed by atoms with E-state index >= 15 is 0 Å². The van der Waals surface area contributed by atoms with E-state index in [1.807, 2.05) is 11.6 Å². The fraction of sp³-hybridized carbons (Fsp3) is 0.786. The molecule has 0 aliphatic heterocycles. The van der Waals surface area contributed by atoms with Gasteiger partial charge >= 0.3 is 0 Å². The topological polar surface area (TPSA) is 38.1 Å². The largest absolute Gasteiger partial charge is 0.387 e. The maximum absolute atomic E-state index is 9.97. The fourth-order valence-electron chi connectivity index (χ4n) is 2.13. The second kappa shape index (κ2) is 8.29. The van der Waals surface area contributed by atoms with Crippen molar-refractivity contribution in [1.29, 1.82) is 0 Å². The van der Waals surface area contributed by atoms with E-state index in [0.29, 0.717) is 0 Å². The second-order valence-corrected chi connectivity index (χ2v) is 4.86. The molecule has 3 nitrogen and oxygen atoms in total. The fourth-order valence-corrected chi connectivity index (χ4v) is 2.13. The van der Waals surface area contributed by atoms with Crippen molar-refractivity contribution in [2.75, 3.05) is 0 Å². The van der Waals surface area contributed by atoms with E-state index in [-0.39, 0.29) is 6.10 Å². The minimum atomic E-state index is -0.349. The lowest BCUT2D eigenvalue weighted by Gasteiger charge is -2.10. The third kappa shape index (κ3) is 5.35. The molecule has 1 rings (SSSR count). The molecule has 0 fully saturated rings. The van der Waals surface area contributed by atoms with Crippen molar-refractivity contribution in [2.45, 2.75) is 64.4 Å². The van der Waals surface area contributed by atoms with E-state index in [1.54, 1.807) is 12.5 Å². The molecule has 1 unspecified atom stereocenters. The van der Waals surface area contributed by atoms with E-state index in [1.165, 1.54) is 38.5 Å². The van der Waals surface area contributed by atoms with Crippen LogP contribution in [0.2, 0.25) is 0 Å². The van der Waals surface area contributed by atoms with E-state index < -0.39 is 0 Å². The molecule has 0 aromatic carbocycles. The monoisotopic (exact) mass is 238 g/mol. The van der Waals surface area contributed by atoms with Gasteiger partial charge in [0, 0.05) is 7.05 Å². The quantitative estimate of drug-likeness (QED) is 0.668. The highest BCUT2D eigenvalue weighted by atomic mass is 16.3. The Morgan fingerprint density at radius 3 is 2.41 bits per heavy atom. The first-order valence-electron chi connectivity index (χ1n) is 6.90. The van der Waals surface area contributed by atoms with Gasteiger partial charge in [0.15, 0.2) is 0 Å². The third-order valence-electron chi connectivity index (χ3n) is 3.28. The van der Waals surface area contributed by atoms with Crippen LogP contribution in [0.15, 0.2) is 12.5 Å². The molecule has 0 aliphatic carbocycles. The van der Waals surface area contributed by atoms with Gasteiger partial charge in [-0.3, -0.25) is 0 Å². The lowest BCUT2D eigenvalue weighted by atomic mass is 10.1. The Hall–Kier alpha value is -0.830. The molecule has 1 aromatic rings. The van der Waals surface area contributed by atoms with E-state index in [4.69, 9.17) is 0 Å².